The van der Waals surface area contributed by atoms with Gasteiger partial charge < -0.3 is 19.3 Å². The molecule has 0 radical (unpaired) electrons. The molecule has 3 heterocycles. The second kappa shape index (κ2) is 9.47. The van der Waals surface area contributed by atoms with Crippen LogP contribution in [0.5, 0.6) is 5.75 Å². The largest absolute Gasteiger partial charge is 0.495 e. The van der Waals surface area contributed by atoms with E-state index in [1.165, 1.54) is 0 Å². The number of benzene rings is 2. The van der Waals surface area contributed by atoms with Gasteiger partial charge in [-0.25, -0.2) is 4.98 Å². The Labute approximate surface area is 200 Å². The van der Waals surface area contributed by atoms with Crippen LogP contribution in [0.2, 0.25) is 0 Å². The van der Waals surface area contributed by atoms with Crippen LogP contribution in [0.25, 0.3) is 11.8 Å². The highest BCUT2D eigenvalue weighted by Gasteiger charge is 2.39. The van der Waals surface area contributed by atoms with Gasteiger partial charge in [0.2, 0.25) is 0 Å². The van der Waals surface area contributed by atoms with Crippen LogP contribution in [0, 0.1) is 6.92 Å². The number of methoxy groups -OCH3 is 1. The number of rotatable bonds is 5. The molecule has 1 aromatic heterocycles. The normalized spacial score (nSPS) is 21.6. The van der Waals surface area contributed by atoms with Crippen LogP contribution in [0.3, 0.4) is 0 Å². The lowest BCUT2D eigenvalue weighted by molar-refractivity contribution is -0.136. The highest BCUT2D eigenvalue weighted by Crippen LogP contribution is 2.41. The molecule has 2 aromatic carbocycles. The van der Waals surface area contributed by atoms with Crippen LogP contribution in [-0.4, -0.2) is 38.6 Å². The van der Waals surface area contributed by atoms with Crippen molar-refractivity contribution >= 4 is 12.0 Å². The quantitative estimate of drug-likeness (QED) is 0.549. The molecule has 0 saturated carbocycles. The SMILES string of the molecule is COc1cc(/C=C2\CCC3CCCC(c4ccc(CO)cc4)N3C2=O)ccc1-n1cnc(C)c1. The molecule has 0 bridgehead atoms. The molecule has 6 nitrogen and oxygen atoms in total. The molecule has 176 valence electrons. The number of fused-ring (bicyclic) bond motifs is 1. The van der Waals surface area contributed by atoms with E-state index in [2.05, 4.69) is 22.0 Å². The third kappa shape index (κ3) is 4.26. The van der Waals surface area contributed by atoms with Crippen molar-refractivity contribution in [1.29, 1.82) is 0 Å². The Morgan fingerprint density at radius 1 is 1.15 bits per heavy atom. The summed E-state index contributed by atoms with van der Waals surface area (Å²) in [5, 5.41) is 9.38. The van der Waals surface area contributed by atoms with Crippen LogP contribution in [0.4, 0.5) is 0 Å². The molecule has 6 heteroatoms. The van der Waals surface area contributed by atoms with Gasteiger partial charge in [0.05, 0.1) is 37.5 Å². The Morgan fingerprint density at radius 2 is 1.97 bits per heavy atom. The number of piperidine rings is 2. The summed E-state index contributed by atoms with van der Waals surface area (Å²) in [7, 11) is 1.66. The fourth-order valence-electron chi connectivity index (χ4n) is 5.32. The van der Waals surface area contributed by atoms with Crippen molar-refractivity contribution in [3.05, 3.63) is 82.9 Å². The Kier molecular flexibility index (Phi) is 6.24. The van der Waals surface area contributed by atoms with Crippen molar-refractivity contribution in [1.82, 2.24) is 14.5 Å². The lowest BCUT2D eigenvalue weighted by atomic mass is 9.83. The molecule has 34 heavy (non-hydrogen) atoms. The Balaban J connectivity index is 1.43. The summed E-state index contributed by atoms with van der Waals surface area (Å²) in [6, 6.07) is 14.4. The van der Waals surface area contributed by atoms with E-state index in [1.807, 2.05) is 54.1 Å². The fraction of sp³-hybridized carbons (Fsp3) is 0.357. The molecule has 2 unspecified atom stereocenters. The van der Waals surface area contributed by atoms with Crippen LogP contribution >= 0.6 is 0 Å². The molecule has 2 aliphatic heterocycles. The van der Waals surface area contributed by atoms with E-state index in [4.69, 9.17) is 4.74 Å². The van der Waals surface area contributed by atoms with Gasteiger partial charge in [-0.2, -0.15) is 0 Å². The maximum absolute atomic E-state index is 13.7. The number of ether oxygens (including phenoxy) is 1. The van der Waals surface area contributed by atoms with Gasteiger partial charge in [-0.05, 0) is 73.9 Å². The highest BCUT2D eigenvalue weighted by molar-refractivity contribution is 5.99. The van der Waals surface area contributed by atoms with Gasteiger partial charge in [-0.15, -0.1) is 0 Å². The first-order valence-corrected chi connectivity index (χ1v) is 12.0. The topological polar surface area (TPSA) is 67.6 Å². The molecule has 2 fully saturated rings. The van der Waals surface area contributed by atoms with E-state index in [1.54, 1.807) is 13.4 Å². The molecular weight excluding hydrogens is 426 g/mol. The monoisotopic (exact) mass is 457 g/mol. The zero-order valence-electron chi connectivity index (χ0n) is 19.8. The predicted octanol–water partition coefficient (Wildman–Crippen LogP) is 4.98. The maximum Gasteiger partial charge on any atom is 0.250 e. The molecule has 0 spiro atoms. The molecule has 1 N–H and O–H groups in total. The lowest BCUT2D eigenvalue weighted by Crippen LogP contribution is -2.49. The summed E-state index contributed by atoms with van der Waals surface area (Å²) >= 11 is 0. The summed E-state index contributed by atoms with van der Waals surface area (Å²) < 4.78 is 7.60. The average Bonchev–Trinajstić information content (AvgIpc) is 3.31. The molecule has 5 rings (SSSR count). The second-order valence-electron chi connectivity index (χ2n) is 9.27. The number of amides is 1. The van der Waals surface area contributed by atoms with Crippen molar-refractivity contribution < 1.29 is 14.6 Å². The Hall–Kier alpha value is -3.38. The first-order chi connectivity index (χ1) is 16.6. The number of hydrogen-bond acceptors (Lipinski definition) is 4. The van der Waals surface area contributed by atoms with E-state index in [9.17, 15) is 9.90 Å². The fourth-order valence-corrected chi connectivity index (χ4v) is 5.32. The van der Waals surface area contributed by atoms with E-state index in [-0.39, 0.29) is 18.6 Å². The minimum Gasteiger partial charge on any atom is -0.495 e. The standard InChI is InChI=1S/C28H31N3O3/c1-19-16-30(18-29-19)26-13-8-21(15-27(26)34-2)14-23-11-12-24-4-3-5-25(31(24)28(23)33)22-9-6-20(17-32)7-10-22/h6-10,13-16,18,24-25,32H,3-5,11-12,17H2,1-2H3/b23-14+. The van der Waals surface area contributed by atoms with Crippen molar-refractivity contribution in [3.8, 4) is 11.4 Å². The number of imidazole rings is 1. The van der Waals surface area contributed by atoms with E-state index in [0.717, 1.165) is 71.5 Å². The molecule has 2 saturated heterocycles. The van der Waals surface area contributed by atoms with Gasteiger partial charge in [-0.3, -0.25) is 4.79 Å². The number of aryl methyl sites for hydroxylation is 1. The number of aliphatic hydroxyl groups is 1. The van der Waals surface area contributed by atoms with Gasteiger partial charge in [0.15, 0.2) is 0 Å². The molecule has 2 aliphatic rings. The minimum atomic E-state index is 0.0335. The summed E-state index contributed by atoms with van der Waals surface area (Å²) in [5.41, 5.74) is 5.71. The highest BCUT2D eigenvalue weighted by atomic mass is 16.5. The molecule has 2 atom stereocenters. The van der Waals surface area contributed by atoms with Crippen molar-refractivity contribution in [2.75, 3.05) is 7.11 Å². The third-order valence-electron chi connectivity index (χ3n) is 7.08. The van der Waals surface area contributed by atoms with Crippen molar-refractivity contribution in [2.45, 2.75) is 57.7 Å². The summed E-state index contributed by atoms with van der Waals surface area (Å²) in [6.07, 6.45) is 10.7. The van der Waals surface area contributed by atoms with Gasteiger partial charge in [0, 0.05) is 17.8 Å². The van der Waals surface area contributed by atoms with Gasteiger partial charge >= 0.3 is 0 Å². The summed E-state index contributed by atoms with van der Waals surface area (Å²) in [5.74, 6) is 0.883. The van der Waals surface area contributed by atoms with Crippen molar-refractivity contribution in [3.63, 3.8) is 0 Å². The van der Waals surface area contributed by atoms with Gasteiger partial charge in [0.25, 0.3) is 5.91 Å². The summed E-state index contributed by atoms with van der Waals surface area (Å²) in [4.78, 5) is 20.1. The Bertz CT molecular complexity index is 1210. The number of aromatic nitrogens is 2. The minimum absolute atomic E-state index is 0.0335. The first-order valence-electron chi connectivity index (χ1n) is 12.0. The van der Waals surface area contributed by atoms with Gasteiger partial charge in [0.1, 0.15) is 5.75 Å². The number of hydrogen-bond donors (Lipinski definition) is 1. The number of nitrogens with zero attached hydrogens (tertiary/aromatic N) is 3. The van der Waals surface area contributed by atoms with Crippen LogP contribution in [-0.2, 0) is 11.4 Å². The second-order valence-corrected chi connectivity index (χ2v) is 9.27. The van der Waals surface area contributed by atoms with Crippen LogP contribution < -0.4 is 4.74 Å². The zero-order chi connectivity index (χ0) is 23.7. The molecule has 1 amide bonds. The molecule has 0 aliphatic carbocycles. The van der Waals surface area contributed by atoms with Gasteiger partial charge in [-0.1, -0.05) is 30.3 Å². The van der Waals surface area contributed by atoms with E-state index >= 15 is 0 Å². The average molecular weight is 458 g/mol. The van der Waals surface area contributed by atoms with Crippen molar-refractivity contribution in [2.24, 2.45) is 0 Å². The summed E-state index contributed by atoms with van der Waals surface area (Å²) in [6.45, 7) is 1.99. The predicted molar refractivity (Wildman–Crippen MR) is 132 cm³/mol. The molecule has 3 aromatic rings. The lowest BCUT2D eigenvalue weighted by Gasteiger charge is -2.46. The maximum atomic E-state index is 13.7. The zero-order valence-corrected chi connectivity index (χ0v) is 19.8. The number of carbonyl (C=O) groups is 1. The molecular formula is C28H31N3O3. The smallest absolute Gasteiger partial charge is 0.250 e. The number of carbonyl (C=O) groups excluding carboxylic acids is 1. The van der Waals surface area contributed by atoms with Crippen LogP contribution in [0.15, 0.2) is 60.6 Å². The number of aliphatic hydroxyl groups excluding tert-OH is 1. The first kappa shape index (κ1) is 22.4. The van der Waals surface area contributed by atoms with E-state index < -0.39 is 0 Å². The van der Waals surface area contributed by atoms with Crippen LogP contribution in [0.1, 0.15) is 60.5 Å². The third-order valence-corrected chi connectivity index (χ3v) is 7.08. The Morgan fingerprint density at radius 3 is 2.68 bits per heavy atom. The van der Waals surface area contributed by atoms with E-state index in [0.29, 0.717) is 6.04 Å².